The van der Waals surface area contributed by atoms with E-state index in [2.05, 4.69) is 13.8 Å². The van der Waals surface area contributed by atoms with E-state index >= 15 is 0 Å². The molecule has 0 aromatic rings. The fraction of sp³-hybridized carbons (Fsp3) is 1.00. The van der Waals surface area contributed by atoms with E-state index in [0.717, 1.165) is 0 Å². The third-order valence-electron chi connectivity index (χ3n) is 0.500. The Kier molecular flexibility index (Phi) is 15.8. The Bertz CT molecular complexity index is 47.7. The largest absolute Gasteiger partial charge is 0.673 e. The van der Waals surface area contributed by atoms with Gasteiger partial charge in [0.2, 0.25) is 0 Å². The van der Waals surface area contributed by atoms with Gasteiger partial charge in [0.05, 0.1) is 0 Å². The monoisotopic (exact) mass is 248 g/mol. The number of rotatable bonds is 1. The average Bonchev–Trinajstić information content (AvgIpc) is 1.61. The SMILES string of the molecule is CCCC.F[B-](F)(F)F.[Rh]. The first-order chi connectivity index (χ1) is 3.91. The second-order valence-corrected chi connectivity index (χ2v) is 1.49. The predicted octanol–water partition coefficient (Wildman–Crippen LogP) is 3.10. The maximum atomic E-state index is 9.75. The molecule has 0 aliphatic heterocycles. The zero-order valence-corrected chi connectivity index (χ0v) is 7.48. The Morgan fingerprint density at radius 2 is 1.00 bits per heavy atom. The Morgan fingerprint density at radius 3 is 1.00 bits per heavy atom. The molecule has 0 saturated heterocycles. The van der Waals surface area contributed by atoms with Crippen molar-refractivity contribution in [1.82, 2.24) is 0 Å². The molecule has 0 aromatic heterocycles. The zero-order chi connectivity index (χ0) is 7.91. The summed E-state index contributed by atoms with van der Waals surface area (Å²) in [6.07, 6.45) is 2.64. The topological polar surface area (TPSA) is 0 Å². The van der Waals surface area contributed by atoms with Gasteiger partial charge in [-0.25, -0.2) is 0 Å². The van der Waals surface area contributed by atoms with Gasteiger partial charge in [-0.3, -0.25) is 0 Å². The van der Waals surface area contributed by atoms with Crippen molar-refractivity contribution in [1.29, 1.82) is 0 Å². The van der Waals surface area contributed by atoms with Gasteiger partial charge in [-0.1, -0.05) is 26.7 Å². The third kappa shape index (κ3) is 233. The summed E-state index contributed by atoms with van der Waals surface area (Å²) in [6.45, 7) is 4.36. The van der Waals surface area contributed by atoms with Gasteiger partial charge in [-0.2, -0.15) is 0 Å². The molecule has 6 heteroatoms. The summed E-state index contributed by atoms with van der Waals surface area (Å²) in [7, 11) is -6.00. The quantitative estimate of drug-likeness (QED) is 0.494. The van der Waals surface area contributed by atoms with E-state index in [9.17, 15) is 17.3 Å². The molecule has 0 aliphatic carbocycles. The molecular weight excluding hydrogens is 238 g/mol. The number of hydrogen-bond donors (Lipinski definition) is 0. The number of unbranched alkanes of at least 4 members (excludes halogenated alkanes) is 1. The fourth-order valence-corrected chi connectivity index (χ4v) is 0. The van der Waals surface area contributed by atoms with Gasteiger partial charge in [0.25, 0.3) is 0 Å². The van der Waals surface area contributed by atoms with Crippen molar-refractivity contribution >= 4 is 7.25 Å². The van der Waals surface area contributed by atoms with Crippen LogP contribution in [0.25, 0.3) is 0 Å². The van der Waals surface area contributed by atoms with E-state index in [-0.39, 0.29) is 19.5 Å². The van der Waals surface area contributed by atoms with Crippen LogP contribution in [0.15, 0.2) is 0 Å². The minimum absolute atomic E-state index is 0. The molecule has 0 saturated carbocycles. The van der Waals surface area contributed by atoms with Crippen LogP contribution < -0.4 is 0 Å². The standard InChI is InChI=1S/C4H10.BF4.Rh/c1-3-4-2;2-1(3,4)5;/h3-4H2,1-2H3;;/q;-1;. The van der Waals surface area contributed by atoms with Crippen molar-refractivity contribution in [3.05, 3.63) is 0 Å². The summed E-state index contributed by atoms with van der Waals surface area (Å²) in [5.74, 6) is 0. The predicted molar refractivity (Wildman–Crippen MR) is 30.8 cm³/mol. The first-order valence-corrected chi connectivity index (χ1v) is 2.79. The van der Waals surface area contributed by atoms with Crippen LogP contribution in [0, 0.1) is 0 Å². The first kappa shape index (κ1) is 16.8. The molecule has 67 valence electrons. The van der Waals surface area contributed by atoms with Gasteiger partial charge in [-0.15, -0.1) is 0 Å². The molecule has 0 heterocycles. The Labute approximate surface area is 71.2 Å². The van der Waals surface area contributed by atoms with Gasteiger partial charge >= 0.3 is 7.25 Å². The molecule has 0 nitrogen and oxygen atoms in total. The molecule has 0 spiro atoms. The van der Waals surface area contributed by atoms with E-state index in [1.165, 1.54) is 12.8 Å². The van der Waals surface area contributed by atoms with Crippen LogP contribution >= 0.6 is 0 Å². The molecular formula is C4H10BF4Rh-. The van der Waals surface area contributed by atoms with Crippen LogP contribution in [0.1, 0.15) is 26.7 Å². The second-order valence-electron chi connectivity index (χ2n) is 1.49. The van der Waals surface area contributed by atoms with Crippen LogP contribution in [0.4, 0.5) is 17.3 Å². The summed E-state index contributed by atoms with van der Waals surface area (Å²) in [6, 6.07) is 0. The molecule has 0 aromatic carbocycles. The van der Waals surface area contributed by atoms with Crippen molar-refractivity contribution in [2.45, 2.75) is 26.7 Å². The summed E-state index contributed by atoms with van der Waals surface area (Å²) >= 11 is 0. The molecule has 0 atom stereocenters. The summed E-state index contributed by atoms with van der Waals surface area (Å²) < 4.78 is 39.0. The number of hydrogen-bond acceptors (Lipinski definition) is 0. The number of halogens is 4. The normalized spacial score (nSPS) is 9.00. The van der Waals surface area contributed by atoms with Gasteiger partial charge in [0.1, 0.15) is 0 Å². The van der Waals surface area contributed by atoms with Crippen molar-refractivity contribution in [3.8, 4) is 0 Å². The van der Waals surface area contributed by atoms with Crippen molar-refractivity contribution in [3.63, 3.8) is 0 Å². The molecule has 1 radical (unpaired) electrons. The van der Waals surface area contributed by atoms with E-state index in [4.69, 9.17) is 0 Å². The molecule has 0 unspecified atom stereocenters. The second kappa shape index (κ2) is 9.41. The maximum Gasteiger partial charge on any atom is 0.673 e. The van der Waals surface area contributed by atoms with Crippen molar-refractivity contribution in [2.24, 2.45) is 0 Å². The Morgan fingerprint density at radius 1 is 0.900 bits per heavy atom. The third-order valence-corrected chi connectivity index (χ3v) is 0.500. The van der Waals surface area contributed by atoms with Gasteiger partial charge in [0, 0.05) is 19.5 Å². The minimum atomic E-state index is -6.00. The van der Waals surface area contributed by atoms with E-state index in [1.807, 2.05) is 0 Å². The minimum Gasteiger partial charge on any atom is -0.418 e. The van der Waals surface area contributed by atoms with Crippen LogP contribution in [0.3, 0.4) is 0 Å². The van der Waals surface area contributed by atoms with E-state index in [1.54, 1.807) is 0 Å². The first-order valence-electron chi connectivity index (χ1n) is 2.79. The molecule has 0 rings (SSSR count). The molecule has 0 N–H and O–H groups in total. The van der Waals surface area contributed by atoms with Gasteiger partial charge < -0.3 is 17.3 Å². The summed E-state index contributed by atoms with van der Waals surface area (Å²) in [5.41, 5.74) is 0. The molecule has 0 bridgehead atoms. The maximum absolute atomic E-state index is 9.75. The average molecular weight is 248 g/mol. The zero-order valence-electron chi connectivity index (χ0n) is 5.84. The summed E-state index contributed by atoms with van der Waals surface area (Å²) in [4.78, 5) is 0. The van der Waals surface area contributed by atoms with Crippen LogP contribution in [0.2, 0.25) is 0 Å². The van der Waals surface area contributed by atoms with Crippen molar-refractivity contribution in [2.75, 3.05) is 0 Å². The Hall–Kier alpha value is 0.408. The molecule has 0 amide bonds. The van der Waals surface area contributed by atoms with Gasteiger partial charge in [-0.05, 0) is 0 Å². The van der Waals surface area contributed by atoms with Crippen LogP contribution in [0.5, 0.6) is 0 Å². The Balaban J connectivity index is -0.0000000910. The van der Waals surface area contributed by atoms with E-state index < -0.39 is 7.25 Å². The summed E-state index contributed by atoms with van der Waals surface area (Å²) in [5, 5.41) is 0. The van der Waals surface area contributed by atoms with Crippen LogP contribution in [-0.4, -0.2) is 7.25 Å². The smallest absolute Gasteiger partial charge is 0.418 e. The molecule has 0 aliphatic rings. The van der Waals surface area contributed by atoms with E-state index in [0.29, 0.717) is 0 Å². The van der Waals surface area contributed by atoms with Crippen LogP contribution in [-0.2, 0) is 19.5 Å². The van der Waals surface area contributed by atoms with Crippen molar-refractivity contribution < 1.29 is 36.7 Å². The molecule has 10 heavy (non-hydrogen) atoms. The molecule has 0 fully saturated rings. The fourth-order valence-electron chi connectivity index (χ4n) is 0. The van der Waals surface area contributed by atoms with Gasteiger partial charge in [0.15, 0.2) is 0 Å².